The third-order valence-electron chi connectivity index (χ3n) is 4.33. The zero-order valence-corrected chi connectivity index (χ0v) is 15.4. The summed E-state index contributed by atoms with van der Waals surface area (Å²) in [4.78, 5) is 19.0. The number of nitriles is 2. The quantitative estimate of drug-likeness (QED) is 0.207. The Labute approximate surface area is 168 Å². The van der Waals surface area contributed by atoms with E-state index in [4.69, 9.17) is 28.3 Å². The number of guanidine groups is 1. The van der Waals surface area contributed by atoms with Gasteiger partial charge in [0.25, 0.3) is 0 Å². The number of nitrogens with two attached hydrogens (primary N) is 2. The van der Waals surface area contributed by atoms with Crippen molar-refractivity contribution in [3.8, 4) is 18.0 Å². The molecule has 1 aromatic heterocycles. The first-order valence-electron chi connectivity index (χ1n) is 7.86. The lowest BCUT2D eigenvalue weighted by molar-refractivity contribution is -0.386. The Morgan fingerprint density at radius 2 is 2.14 bits per heavy atom. The summed E-state index contributed by atoms with van der Waals surface area (Å²) >= 11 is 6.14. The molecular weight excluding hydrogens is 402 g/mol. The molecule has 2 heterocycles. The molecule has 0 saturated carbocycles. The van der Waals surface area contributed by atoms with Crippen molar-refractivity contribution in [2.75, 3.05) is 16.8 Å². The first-order chi connectivity index (χ1) is 13.7. The summed E-state index contributed by atoms with van der Waals surface area (Å²) in [6.45, 7) is 1.39. The maximum atomic E-state index is 11.4. The number of nitro groups is 1. The Bertz CT molecular complexity index is 1180. The molecule has 1 unspecified atom stereocenters. The second-order valence-corrected chi connectivity index (χ2v) is 6.34. The van der Waals surface area contributed by atoms with Crippen LogP contribution in [0.1, 0.15) is 28.3 Å². The van der Waals surface area contributed by atoms with Crippen LogP contribution in [-0.4, -0.2) is 21.0 Å². The molecule has 1 aliphatic rings. The number of nitrogens with one attached hydrogen (secondary N) is 2. The minimum absolute atomic E-state index is 0.0112. The molecule has 0 spiro atoms. The lowest BCUT2D eigenvalue weighted by Gasteiger charge is -2.26. The van der Waals surface area contributed by atoms with Gasteiger partial charge in [0.05, 0.1) is 15.6 Å². The van der Waals surface area contributed by atoms with Crippen molar-refractivity contribution >= 4 is 40.6 Å². The molecule has 3 rings (SSSR count). The molecule has 0 bridgehead atoms. The van der Waals surface area contributed by atoms with Crippen molar-refractivity contribution in [2.24, 2.45) is 4.99 Å². The number of aromatic nitrogens is 1. The van der Waals surface area contributed by atoms with E-state index < -0.39 is 22.4 Å². The van der Waals surface area contributed by atoms with Crippen LogP contribution in [0.2, 0.25) is 5.02 Å². The molecule has 0 saturated heterocycles. The van der Waals surface area contributed by atoms with Gasteiger partial charge in [-0.3, -0.25) is 15.4 Å². The largest absolute Gasteiger partial charge is 0.502 e. The Kier molecular flexibility index (Phi) is 4.72. The molecule has 12 nitrogen and oxygen atoms in total. The maximum absolute atomic E-state index is 11.4. The molecule has 2 aromatic rings. The van der Waals surface area contributed by atoms with E-state index in [1.807, 2.05) is 6.07 Å². The highest BCUT2D eigenvalue weighted by molar-refractivity contribution is 6.31. The standard InChI is InChI=1S/C16H12ClN9O3/c1-5-8(17)2-6(13(27)12(5)26(28)29)11-9-10(20)7(3-18)14(21)24-15(9)25-16(23-11)22-4-19/h2,11,27H,1H3,(H6,20,21,22,23,24,25). The third-order valence-corrected chi connectivity index (χ3v) is 4.72. The molecule has 0 aliphatic carbocycles. The zero-order valence-electron chi connectivity index (χ0n) is 14.7. The monoisotopic (exact) mass is 413 g/mol. The van der Waals surface area contributed by atoms with E-state index in [0.717, 1.165) is 0 Å². The number of phenols is 1. The van der Waals surface area contributed by atoms with E-state index in [9.17, 15) is 20.5 Å². The summed E-state index contributed by atoms with van der Waals surface area (Å²) in [6.07, 6.45) is 1.67. The van der Waals surface area contributed by atoms with Gasteiger partial charge in [0, 0.05) is 16.7 Å². The van der Waals surface area contributed by atoms with E-state index in [2.05, 4.69) is 20.6 Å². The smallest absolute Gasteiger partial charge is 0.315 e. The summed E-state index contributed by atoms with van der Waals surface area (Å²) in [7, 11) is 0. The molecular formula is C16H12ClN9O3. The van der Waals surface area contributed by atoms with Crippen molar-refractivity contribution in [2.45, 2.75) is 13.0 Å². The minimum atomic E-state index is -1.17. The fraction of sp³-hybridized carbons (Fsp3) is 0.125. The van der Waals surface area contributed by atoms with Crippen molar-refractivity contribution in [3.63, 3.8) is 0 Å². The number of nitrogen functional groups attached to an aromatic ring is 2. The van der Waals surface area contributed by atoms with Crippen LogP contribution in [0.15, 0.2) is 11.1 Å². The van der Waals surface area contributed by atoms with Gasteiger partial charge >= 0.3 is 5.69 Å². The number of pyridine rings is 1. The number of hydrogen-bond donors (Lipinski definition) is 5. The Balaban J connectivity index is 2.38. The molecule has 1 aromatic carbocycles. The van der Waals surface area contributed by atoms with Gasteiger partial charge in [-0.15, -0.1) is 0 Å². The van der Waals surface area contributed by atoms with Crippen molar-refractivity contribution in [1.29, 1.82) is 10.5 Å². The zero-order chi connectivity index (χ0) is 21.5. The van der Waals surface area contributed by atoms with E-state index in [-0.39, 0.29) is 50.6 Å². The number of aromatic hydroxyl groups is 1. The van der Waals surface area contributed by atoms with Crippen LogP contribution in [0, 0.1) is 39.8 Å². The summed E-state index contributed by atoms with van der Waals surface area (Å²) in [6, 6.07) is 1.97. The van der Waals surface area contributed by atoms with Gasteiger partial charge < -0.3 is 21.9 Å². The highest BCUT2D eigenvalue weighted by Gasteiger charge is 2.34. The van der Waals surface area contributed by atoms with Crippen LogP contribution >= 0.6 is 11.6 Å². The lowest BCUT2D eigenvalue weighted by atomic mass is 9.93. The number of nitrogens with zero attached hydrogens (tertiary/aromatic N) is 5. The van der Waals surface area contributed by atoms with E-state index in [1.165, 1.54) is 13.0 Å². The number of nitro benzene ring substituents is 1. The predicted molar refractivity (Wildman–Crippen MR) is 104 cm³/mol. The number of fused-ring (bicyclic) bond motifs is 1. The number of aliphatic imine (C=N–C) groups is 1. The molecule has 13 heteroatoms. The Hall–Kier alpha value is -4.29. The molecule has 0 radical (unpaired) electrons. The van der Waals surface area contributed by atoms with Gasteiger partial charge in [0.15, 0.2) is 11.9 Å². The fourth-order valence-electron chi connectivity index (χ4n) is 2.98. The molecule has 7 N–H and O–H groups in total. The minimum Gasteiger partial charge on any atom is -0.502 e. The van der Waals surface area contributed by atoms with Gasteiger partial charge in [-0.25, -0.2) is 9.98 Å². The number of hydrogen-bond acceptors (Lipinski definition) is 11. The summed E-state index contributed by atoms with van der Waals surface area (Å²) in [5.41, 5.74) is 11.2. The van der Waals surface area contributed by atoms with Crippen molar-refractivity contribution in [3.05, 3.63) is 43.5 Å². The summed E-state index contributed by atoms with van der Waals surface area (Å²) in [5, 5.41) is 45.3. The number of halogens is 1. The Morgan fingerprint density at radius 3 is 2.72 bits per heavy atom. The predicted octanol–water partition coefficient (Wildman–Crippen LogP) is 1.63. The number of benzene rings is 1. The molecule has 1 aliphatic heterocycles. The third kappa shape index (κ3) is 3.03. The van der Waals surface area contributed by atoms with Crippen LogP contribution in [0.25, 0.3) is 0 Å². The van der Waals surface area contributed by atoms with Crippen LogP contribution < -0.4 is 22.1 Å². The number of anilines is 3. The SMILES string of the molecule is Cc1c(Cl)cc(C2N=C(NC#N)Nc3nc(N)c(C#N)c(N)c32)c(O)c1[N+](=O)[O-]. The molecule has 0 amide bonds. The van der Waals surface area contributed by atoms with E-state index in [0.29, 0.717) is 0 Å². The van der Waals surface area contributed by atoms with E-state index >= 15 is 0 Å². The number of phenolic OH excluding ortho intramolecular Hbond substituents is 1. The Morgan fingerprint density at radius 1 is 1.45 bits per heavy atom. The highest BCUT2D eigenvalue weighted by Crippen LogP contribution is 2.47. The molecule has 0 fully saturated rings. The van der Waals surface area contributed by atoms with Crippen molar-refractivity contribution < 1.29 is 10.0 Å². The van der Waals surface area contributed by atoms with Crippen LogP contribution in [0.4, 0.5) is 23.0 Å². The molecule has 29 heavy (non-hydrogen) atoms. The van der Waals surface area contributed by atoms with Crippen LogP contribution in [0.3, 0.4) is 0 Å². The van der Waals surface area contributed by atoms with Gasteiger partial charge in [0.1, 0.15) is 29.3 Å². The first-order valence-corrected chi connectivity index (χ1v) is 8.24. The van der Waals surface area contributed by atoms with E-state index in [1.54, 1.807) is 6.19 Å². The normalized spacial score (nSPS) is 14.6. The average Bonchev–Trinajstić information content (AvgIpc) is 2.64. The maximum Gasteiger partial charge on any atom is 0.315 e. The van der Waals surface area contributed by atoms with Gasteiger partial charge in [0.2, 0.25) is 5.96 Å². The summed E-state index contributed by atoms with van der Waals surface area (Å²) in [5.74, 6) is -0.842. The lowest BCUT2D eigenvalue weighted by Crippen LogP contribution is -2.32. The van der Waals surface area contributed by atoms with Crippen molar-refractivity contribution in [1.82, 2.24) is 10.3 Å². The molecule has 1 atom stereocenters. The summed E-state index contributed by atoms with van der Waals surface area (Å²) < 4.78 is 0. The second-order valence-electron chi connectivity index (χ2n) is 5.93. The molecule has 146 valence electrons. The second kappa shape index (κ2) is 7.03. The van der Waals surface area contributed by atoms with Crippen LogP contribution in [-0.2, 0) is 0 Å². The number of rotatable bonds is 2. The average molecular weight is 414 g/mol. The fourth-order valence-corrected chi connectivity index (χ4v) is 3.19. The van der Waals surface area contributed by atoms with Gasteiger partial charge in [-0.05, 0) is 13.0 Å². The topological polar surface area (TPSA) is 212 Å². The highest BCUT2D eigenvalue weighted by atomic mass is 35.5. The first kappa shape index (κ1) is 19.5. The van der Waals surface area contributed by atoms with Gasteiger partial charge in [-0.2, -0.15) is 10.5 Å². The van der Waals surface area contributed by atoms with Gasteiger partial charge in [-0.1, -0.05) is 11.6 Å². The van der Waals surface area contributed by atoms with Crippen LogP contribution in [0.5, 0.6) is 5.75 Å².